The lowest BCUT2D eigenvalue weighted by Gasteiger charge is -2.11. The zero-order valence-electron chi connectivity index (χ0n) is 26.6. The van der Waals surface area contributed by atoms with Crippen LogP contribution in [0.2, 0.25) is 0 Å². The van der Waals surface area contributed by atoms with E-state index in [1.165, 1.54) is 21.8 Å². The molecule has 9 rings (SSSR count). The number of fused-ring (bicyclic) bond motifs is 3. The fraction of sp³-hybridized carbons (Fsp3) is 0. The van der Waals surface area contributed by atoms with Crippen LogP contribution in [0.4, 0.5) is 0 Å². The van der Waals surface area contributed by atoms with Gasteiger partial charge in [-0.1, -0.05) is 133 Å². The van der Waals surface area contributed by atoms with Crippen LogP contribution in [0.1, 0.15) is 0 Å². The summed E-state index contributed by atoms with van der Waals surface area (Å²) in [6.45, 7) is 0. The fourth-order valence-corrected chi connectivity index (χ4v) is 6.64. The summed E-state index contributed by atoms with van der Waals surface area (Å²) < 4.78 is 2.35. The molecule has 4 nitrogen and oxygen atoms in total. The Balaban J connectivity index is 1.05. The zero-order valence-corrected chi connectivity index (χ0v) is 26.6. The van der Waals surface area contributed by atoms with Crippen molar-refractivity contribution in [3.05, 3.63) is 182 Å². The summed E-state index contributed by atoms with van der Waals surface area (Å²) in [5.74, 6) is 0.701. The first-order valence-corrected chi connectivity index (χ1v) is 16.4. The van der Waals surface area contributed by atoms with Crippen molar-refractivity contribution in [2.45, 2.75) is 0 Å². The Labute approximate surface area is 284 Å². The lowest BCUT2D eigenvalue weighted by atomic mass is 10.0. The molecule has 49 heavy (non-hydrogen) atoms. The van der Waals surface area contributed by atoms with E-state index in [0.29, 0.717) is 5.82 Å². The molecular weight excluding hydrogens is 597 g/mol. The summed E-state index contributed by atoms with van der Waals surface area (Å²) >= 11 is 0. The second kappa shape index (κ2) is 12.2. The van der Waals surface area contributed by atoms with Gasteiger partial charge in [0.2, 0.25) is 0 Å². The maximum Gasteiger partial charge on any atom is 0.160 e. The van der Waals surface area contributed by atoms with E-state index in [0.717, 1.165) is 56.1 Å². The average molecular weight is 627 g/mol. The van der Waals surface area contributed by atoms with Crippen molar-refractivity contribution in [2.75, 3.05) is 0 Å². The highest BCUT2D eigenvalue weighted by molar-refractivity contribution is 6.09. The fourth-order valence-electron chi connectivity index (χ4n) is 6.64. The molecule has 0 fully saturated rings. The van der Waals surface area contributed by atoms with E-state index in [2.05, 4.69) is 149 Å². The number of benzene rings is 6. The molecule has 3 aromatic heterocycles. The molecule has 0 amide bonds. The van der Waals surface area contributed by atoms with Gasteiger partial charge >= 0.3 is 0 Å². The minimum absolute atomic E-state index is 0.701. The Morgan fingerprint density at radius 3 is 1.37 bits per heavy atom. The van der Waals surface area contributed by atoms with Crippen molar-refractivity contribution in [1.82, 2.24) is 19.5 Å². The number of hydrogen-bond acceptors (Lipinski definition) is 3. The first-order chi connectivity index (χ1) is 24.3. The molecule has 0 bridgehead atoms. The van der Waals surface area contributed by atoms with Crippen LogP contribution in [0.25, 0.3) is 83.8 Å². The minimum Gasteiger partial charge on any atom is -0.309 e. The highest BCUT2D eigenvalue weighted by atomic mass is 15.0. The van der Waals surface area contributed by atoms with E-state index in [-0.39, 0.29) is 0 Å². The van der Waals surface area contributed by atoms with Gasteiger partial charge < -0.3 is 4.57 Å². The molecule has 0 saturated heterocycles. The van der Waals surface area contributed by atoms with Gasteiger partial charge in [0.05, 0.1) is 28.1 Å². The summed E-state index contributed by atoms with van der Waals surface area (Å²) in [6, 6.07) is 61.4. The smallest absolute Gasteiger partial charge is 0.160 e. The average Bonchev–Trinajstić information content (AvgIpc) is 3.53. The van der Waals surface area contributed by atoms with Gasteiger partial charge in [0.25, 0.3) is 0 Å². The van der Waals surface area contributed by atoms with Crippen molar-refractivity contribution in [3.8, 4) is 62.0 Å². The van der Waals surface area contributed by atoms with Crippen molar-refractivity contribution < 1.29 is 0 Å². The third kappa shape index (κ3) is 5.35. The van der Waals surface area contributed by atoms with E-state index in [1.807, 2.05) is 42.6 Å². The molecule has 0 radical (unpaired) electrons. The Morgan fingerprint density at radius 2 is 0.816 bits per heavy atom. The Bertz CT molecular complexity index is 2500. The quantitative estimate of drug-likeness (QED) is 0.184. The van der Waals surface area contributed by atoms with Crippen LogP contribution in [0.15, 0.2) is 182 Å². The molecule has 0 N–H and O–H groups in total. The first-order valence-electron chi connectivity index (χ1n) is 16.4. The molecule has 230 valence electrons. The van der Waals surface area contributed by atoms with Crippen molar-refractivity contribution in [1.29, 1.82) is 0 Å². The first kappa shape index (κ1) is 28.6. The van der Waals surface area contributed by atoms with Crippen LogP contribution >= 0.6 is 0 Å². The van der Waals surface area contributed by atoms with Crippen LogP contribution in [0, 0.1) is 0 Å². The topological polar surface area (TPSA) is 43.6 Å². The molecular formula is C45H30N4. The van der Waals surface area contributed by atoms with Gasteiger partial charge in [-0.25, -0.2) is 9.97 Å². The highest BCUT2D eigenvalue weighted by Gasteiger charge is 2.13. The maximum absolute atomic E-state index is 5.03. The second-order valence-corrected chi connectivity index (χ2v) is 12.1. The number of hydrogen-bond donors (Lipinski definition) is 0. The molecule has 0 aliphatic rings. The molecule has 0 spiro atoms. The Kier molecular flexibility index (Phi) is 7.10. The van der Waals surface area contributed by atoms with Gasteiger partial charge in [0.1, 0.15) is 0 Å². The molecule has 3 heterocycles. The van der Waals surface area contributed by atoms with Gasteiger partial charge in [-0.2, -0.15) is 0 Å². The van der Waals surface area contributed by atoms with Gasteiger partial charge in [0, 0.05) is 44.9 Å². The Hall–Kier alpha value is -6.65. The summed E-state index contributed by atoms with van der Waals surface area (Å²) in [6.07, 6.45) is 1.82. The predicted octanol–water partition coefficient (Wildman–Crippen LogP) is 11.3. The zero-order chi connectivity index (χ0) is 32.6. The van der Waals surface area contributed by atoms with E-state index >= 15 is 0 Å². The Morgan fingerprint density at radius 1 is 0.347 bits per heavy atom. The molecule has 0 aliphatic heterocycles. The number of para-hydroxylation sites is 2. The number of rotatable bonds is 6. The molecule has 4 heteroatoms. The lowest BCUT2D eigenvalue weighted by Crippen LogP contribution is -1.96. The second-order valence-electron chi connectivity index (χ2n) is 12.1. The van der Waals surface area contributed by atoms with Crippen LogP contribution in [0.5, 0.6) is 0 Å². The van der Waals surface area contributed by atoms with Crippen molar-refractivity contribution >= 4 is 21.8 Å². The van der Waals surface area contributed by atoms with Crippen LogP contribution in [-0.4, -0.2) is 19.5 Å². The molecule has 0 unspecified atom stereocenters. The molecule has 0 aliphatic carbocycles. The summed E-state index contributed by atoms with van der Waals surface area (Å²) in [7, 11) is 0. The van der Waals surface area contributed by atoms with Gasteiger partial charge in [-0.05, 0) is 53.6 Å². The predicted molar refractivity (Wildman–Crippen MR) is 201 cm³/mol. The molecule has 9 aromatic rings. The van der Waals surface area contributed by atoms with E-state index in [1.54, 1.807) is 0 Å². The van der Waals surface area contributed by atoms with Crippen molar-refractivity contribution in [2.24, 2.45) is 0 Å². The number of nitrogens with zero attached hydrogens (tertiary/aromatic N) is 4. The SMILES string of the molecule is c1ccc(-c2nc(-c3ccc(-c4ccc(-n5c6ccccc6c6ccccc65)cc4)cc3)cc(-c3ccc(-c4ccccn4)cc3)n2)cc1. The standard InChI is InChI=1S/C45H30N4/c1-2-10-36(11-3-1)45-47-41(30-42(48-45)35-23-21-33(22-24-35)40-14-8-9-29-46-40)34-19-17-31(18-20-34)32-25-27-37(28-26-32)49-43-15-6-4-12-38(43)39-13-5-7-16-44(39)49/h1-30H. The largest absolute Gasteiger partial charge is 0.309 e. The van der Waals surface area contributed by atoms with Gasteiger partial charge in [-0.15, -0.1) is 0 Å². The normalized spacial score (nSPS) is 11.3. The van der Waals surface area contributed by atoms with Crippen molar-refractivity contribution in [3.63, 3.8) is 0 Å². The maximum atomic E-state index is 5.03. The monoisotopic (exact) mass is 626 g/mol. The van der Waals surface area contributed by atoms with Crippen LogP contribution < -0.4 is 0 Å². The highest BCUT2D eigenvalue weighted by Crippen LogP contribution is 2.34. The minimum atomic E-state index is 0.701. The summed E-state index contributed by atoms with van der Waals surface area (Å²) in [4.78, 5) is 14.5. The van der Waals surface area contributed by atoms with E-state index in [4.69, 9.17) is 9.97 Å². The lowest BCUT2D eigenvalue weighted by molar-refractivity contribution is 1.18. The van der Waals surface area contributed by atoms with E-state index in [9.17, 15) is 0 Å². The third-order valence-corrected chi connectivity index (χ3v) is 9.12. The van der Waals surface area contributed by atoms with Crippen LogP contribution in [-0.2, 0) is 0 Å². The van der Waals surface area contributed by atoms with Crippen LogP contribution in [0.3, 0.4) is 0 Å². The summed E-state index contributed by atoms with van der Waals surface area (Å²) in [5, 5.41) is 2.53. The molecule has 0 atom stereocenters. The van der Waals surface area contributed by atoms with Gasteiger partial charge in [-0.3, -0.25) is 4.98 Å². The van der Waals surface area contributed by atoms with Gasteiger partial charge in [0.15, 0.2) is 5.82 Å². The molecule has 6 aromatic carbocycles. The number of pyridine rings is 1. The molecule has 0 saturated carbocycles. The van der Waals surface area contributed by atoms with E-state index < -0.39 is 0 Å². The summed E-state index contributed by atoms with van der Waals surface area (Å²) in [5.41, 5.74) is 12.7. The number of aromatic nitrogens is 4. The third-order valence-electron chi connectivity index (χ3n) is 9.12.